The van der Waals surface area contributed by atoms with Gasteiger partial charge in [0, 0.05) is 17.0 Å². The maximum Gasteiger partial charge on any atom is 0.228 e. The van der Waals surface area contributed by atoms with Crippen LogP contribution >= 0.6 is 0 Å². The molecule has 1 aliphatic rings. The van der Waals surface area contributed by atoms with Gasteiger partial charge in [-0.15, -0.1) is 0 Å². The zero-order chi connectivity index (χ0) is 23.0. The summed E-state index contributed by atoms with van der Waals surface area (Å²) in [5.41, 5.74) is 6.09. The van der Waals surface area contributed by atoms with Crippen LogP contribution in [-0.2, 0) is 13.5 Å². The molecule has 5 aromatic rings. The number of pyridine rings is 1. The van der Waals surface area contributed by atoms with Crippen LogP contribution < -0.4 is 9.30 Å². The Morgan fingerprint density at radius 2 is 1.70 bits per heavy atom. The SMILES string of the molecule is Cc1ccc2c(CC(C)C)c3c(c(C)c2c1)-c1c2c(cc4cc(F)ccc4c2cc[n+]1C)O3. The van der Waals surface area contributed by atoms with E-state index in [-0.39, 0.29) is 5.82 Å². The molecule has 0 saturated carbocycles. The highest BCUT2D eigenvalue weighted by molar-refractivity contribution is 6.16. The minimum Gasteiger partial charge on any atom is -0.455 e. The molecule has 4 aromatic carbocycles. The second-order valence-electron chi connectivity index (χ2n) is 9.86. The molecule has 0 spiro atoms. The second kappa shape index (κ2) is 7.02. The van der Waals surface area contributed by atoms with Gasteiger partial charge in [-0.25, -0.2) is 8.96 Å². The predicted molar refractivity (Wildman–Crippen MR) is 134 cm³/mol. The quantitative estimate of drug-likeness (QED) is 0.200. The van der Waals surface area contributed by atoms with Gasteiger partial charge in [0.15, 0.2) is 6.20 Å². The average Bonchev–Trinajstić information content (AvgIpc) is 2.77. The molecule has 0 amide bonds. The number of fused-ring (bicyclic) bond motifs is 5. The Hall–Kier alpha value is -3.46. The van der Waals surface area contributed by atoms with E-state index in [2.05, 4.69) is 69.8 Å². The fourth-order valence-corrected chi connectivity index (χ4v) is 5.54. The summed E-state index contributed by atoms with van der Waals surface area (Å²) in [5.74, 6) is 2.01. The van der Waals surface area contributed by atoms with Gasteiger partial charge in [-0.2, -0.15) is 0 Å². The molecule has 164 valence electrons. The highest BCUT2D eigenvalue weighted by Crippen LogP contribution is 2.52. The fourth-order valence-electron chi connectivity index (χ4n) is 5.54. The van der Waals surface area contributed by atoms with Gasteiger partial charge in [0.2, 0.25) is 5.69 Å². The van der Waals surface area contributed by atoms with Crippen molar-refractivity contribution in [2.75, 3.05) is 0 Å². The lowest BCUT2D eigenvalue weighted by Crippen LogP contribution is -2.32. The van der Waals surface area contributed by atoms with Crippen LogP contribution in [0.2, 0.25) is 0 Å². The second-order valence-corrected chi connectivity index (χ2v) is 9.86. The highest BCUT2D eigenvalue weighted by Gasteiger charge is 2.33. The lowest BCUT2D eigenvalue weighted by Gasteiger charge is -2.26. The summed E-state index contributed by atoms with van der Waals surface area (Å²) in [6.07, 6.45) is 3.04. The molecule has 0 unspecified atom stereocenters. The molecule has 0 aliphatic carbocycles. The molecule has 2 heterocycles. The van der Waals surface area contributed by atoms with E-state index in [0.717, 1.165) is 39.5 Å². The first kappa shape index (κ1) is 20.2. The number of benzene rings is 4. The van der Waals surface area contributed by atoms with Gasteiger partial charge in [0.1, 0.15) is 24.4 Å². The van der Waals surface area contributed by atoms with E-state index in [9.17, 15) is 4.39 Å². The number of hydrogen-bond donors (Lipinski definition) is 0. The molecule has 0 fully saturated rings. The van der Waals surface area contributed by atoms with Gasteiger partial charge in [0.25, 0.3) is 0 Å². The highest BCUT2D eigenvalue weighted by atomic mass is 19.1. The maximum absolute atomic E-state index is 14.1. The molecule has 0 N–H and O–H groups in total. The summed E-state index contributed by atoms with van der Waals surface area (Å²) >= 11 is 0. The Morgan fingerprint density at radius 1 is 0.909 bits per heavy atom. The third-order valence-corrected chi connectivity index (χ3v) is 7.00. The van der Waals surface area contributed by atoms with Crippen molar-refractivity contribution in [3.05, 3.63) is 77.2 Å². The van der Waals surface area contributed by atoms with Crippen LogP contribution in [0.15, 0.2) is 54.7 Å². The lowest BCUT2D eigenvalue weighted by molar-refractivity contribution is -0.659. The largest absolute Gasteiger partial charge is 0.455 e. The van der Waals surface area contributed by atoms with Gasteiger partial charge in [-0.1, -0.05) is 43.7 Å². The Labute approximate surface area is 193 Å². The van der Waals surface area contributed by atoms with E-state index < -0.39 is 0 Å². The van der Waals surface area contributed by atoms with Gasteiger partial charge in [-0.05, 0) is 71.5 Å². The van der Waals surface area contributed by atoms with E-state index in [1.54, 1.807) is 6.07 Å². The number of rotatable bonds is 2. The third kappa shape index (κ3) is 2.88. The summed E-state index contributed by atoms with van der Waals surface area (Å²) in [6.45, 7) is 8.86. The molecule has 0 atom stereocenters. The van der Waals surface area contributed by atoms with Crippen LogP contribution in [0.3, 0.4) is 0 Å². The van der Waals surface area contributed by atoms with E-state index in [0.29, 0.717) is 5.92 Å². The van der Waals surface area contributed by atoms with Gasteiger partial charge in [-0.3, -0.25) is 0 Å². The molecule has 0 radical (unpaired) electrons. The third-order valence-electron chi connectivity index (χ3n) is 7.00. The Bertz CT molecular complexity index is 1630. The van der Waals surface area contributed by atoms with Crippen molar-refractivity contribution < 1.29 is 13.7 Å². The van der Waals surface area contributed by atoms with Crippen molar-refractivity contribution in [2.24, 2.45) is 13.0 Å². The van der Waals surface area contributed by atoms with Crippen LogP contribution in [0, 0.1) is 25.6 Å². The monoisotopic (exact) mass is 436 g/mol. The smallest absolute Gasteiger partial charge is 0.228 e. The summed E-state index contributed by atoms with van der Waals surface area (Å²) in [7, 11) is 2.10. The standard InChI is InChI=1S/C30H27FNO/c1-16(2)12-25-22-8-6-17(3)13-24(22)18(4)27-29-28-23(10-11-32(29)5)21-9-7-20(31)14-19(21)15-26(28)33-30(25)27/h6-11,13-16H,12H2,1-5H3/q+1. The van der Waals surface area contributed by atoms with Crippen LogP contribution in [0.4, 0.5) is 4.39 Å². The molecule has 3 heteroatoms. The van der Waals surface area contributed by atoms with Crippen LogP contribution in [0.5, 0.6) is 11.5 Å². The summed E-state index contributed by atoms with van der Waals surface area (Å²) < 4.78 is 23.1. The van der Waals surface area contributed by atoms with E-state index in [4.69, 9.17) is 4.74 Å². The molecular weight excluding hydrogens is 409 g/mol. The zero-order valence-electron chi connectivity index (χ0n) is 19.7. The van der Waals surface area contributed by atoms with Crippen LogP contribution in [-0.4, -0.2) is 0 Å². The predicted octanol–water partition coefficient (Wildman–Crippen LogP) is 7.70. The Balaban J connectivity index is 1.82. The Kier molecular flexibility index (Phi) is 4.29. The zero-order valence-corrected chi connectivity index (χ0v) is 19.7. The first-order valence-corrected chi connectivity index (χ1v) is 11.6. The minimum absolute atomic E-state index is 0.232. The van der Waals surface area contributed by atoms with Crippen molar-refractivity contribution in [1.82, 2.24) is 0 Å². The molecule has 1 aliphatic heterocycles. The van der Waals surface area contributed by atoms with Crippen molar-refractivity contribution >= 4 is 32.3 Å². The molecule has 1 aromatic heterocycles. The summed E-state index contributed by atoms with van der Waals surface area (Å²) in [4.78, 5) is 0. The van der Waals surface area contributed by atoms with Gasteiger partial charge in [0.05, 0.1) is 10.9 Å². The summed E-state index contributed by atoms with van der Waals surface area (Å²) in [6, 6.07) is 15.9. The van der Waals surface area contributed by atoms with E-state index in [1.165, 1.54) is 44.8 Å². The number of aryl methyl sites for hydroxylation is 3. The minimum atomic E-state index is -0.232. The fraction of sp³-hybridized carbons (Fsp3) is 0.233. The van der Waals surface area contributed by atoms with Crippen LogP contribution in [0.1, 0.15) is 30.5 Å². The normalized spacial score (nSPS) is 12.6. The maximum atomic E-state index is 14.1. The Morgan fingerprint density at radius 3 is 2.48 bits per heavy atom. The van der Waals surface area contributed by atoms with Crippen molar-refractivity contribution in [3.8, 4) is 22.8 Å². The van der Waals surface area contributed by atoms with Crippen LogP contribution in [0.25, 0.3) is 43.6 Å². The molecule has 0 bridgehead atoms. The molecule has 0 saturated heterocycles. The molecule has 33 heavy (non-hydrogen) atoms. The topological polar surface area (TPSA) is 13.1 Å². The lowest BCUT2D eigenvalue weighted by atomic mass is 9.85. The van der Waals surface area contributed by atoms with Crippen molar-refractivity contribution in [1.29, 1.82) is 0 Å². The number of ether oxygens (including phenoxy) is 1. The van der Waals surface area contributed by atoms with Gasteiger partial charge < -0.3 is 4.74 Å². The first-order chi connectivity index (χ1) is 15.8. The first-order valence-electron chi connectivity index (χ1n) is 11.6. The molecule has 2 nitrogen and oxygen atoms in total. The molecule has 6 rings (SSSR count). The van der Waals surface area contributed by atoms with Gasteiger partial charge >= 0.3 is 0 Å². The molecular formula is C30H27FNO+. The number of halogens is 1. The van der Waals surface area contributed by atoms with E-state index in [1.807, 2.05) is 12.1 Å². The number of aromatic nitrogens is 1. The van der Waals surface area contributed by atoms with Crippen molar-refractivity contribution in [3.63, 3.8) is 0 Å². The number of nitrogens with zero attached hydrogens (tertiary/aromatic N) is 1. The average molecular weight is 437 g/mol. The summed E-state index contributed by atoms with van der Waals surface area (Å²) in [5, 5.41) is 6.64. The van der Waals surface area contributed by atoms with E-state index >= 15 is 0 Å². The number of hydrogen-bond acceptors (Lipinski definition) is 1. The van der Waals surface area contributed by atoms with Crippen molar-refractivity contribution in [2.45, 2.75) is 34.1 Å².